The Morgan fingerprint density at radius 2 is 2.25 bits per heavy atom. The molecule has 0 aromatic rings. The summed E-state index contributed by atoms with van der Waals surface area (Å²) in [5, 5.41) is 8.80. The number of esters is 1. The van der Waals surface area contributed by atoms with Crippen LogP contribution in [-0.4, -0.2) is 30.6 Å². The van der Waals surface area contributed by atoms with Crippen molar-refractivity contribution in [3.63, 3.8) is 0 Å². The first-order valence-electron chi connectivity index (χ1n) is 3.91. The van der Waals surface area contributed by atoms with E-state index in [0.29, 0.717) is 32.0 Å². The second kappa shape index (κ2) is 6.79. The fourth-order valence-corrected chi connectivity index (χ4v) is 0.793. The van der Waals surface area contributed by atoms with E-state index in [1.807, 2.05) is 0 Å². The molecule has 0 amide bonds. The highest BCUT2D eigenvalue weighted by molar-refractivity contribution is 5.68. The Morgan fingerprint density at radius 3 is 2.75 bits per heavy atom. The molecule has 0 spiro atoms. The molecule has 0 aromatic heterocycles. The van der Waals surface area contributed by atoms with E-state index in [-0.39, 0.29) is 5.97 Å². The number of unbranched alkanes of at least 4 members (excludes halogenated alkanes) is 1. The lowest BCUT2D eigenvalue weighted by atomic mass is 10.1. The molecular formula is C8H14O4. The summed E-state index contributed by atoms with van der Waals surface area (Å²) in [6, 6.07) is 0. The van der Waals surface area contributed by atoms with Crippen molar-refractivity contribution in [3.05, 3.63) is 0 Å². The van der Waals surface area contributed by atoms with Crippen molar-refractivity contribution < 1.29 is 19.4 Å². The highest BCUT2D eigenvalue weighted by atomic mass is 16.5. The number of aliphatic hydroxyl groups excluding tert-OH is 1. The van der Waals surface area contributed by atoms with Crippen molar-refractivity contribution in [2.45, 2.75) is 31.8 Å². The fourth-order valence-electron chi connectivity index (χ4n) is 0.793. The van der Waals surface area contributed by atoms with Crippen molar-refractivity contribution in [3.8, 4) is 0 Å². The van der Waals surface area contributed by atoms with Crippen molar-refractivity contribution in [2.24, 2.45) is 0 Å². The van der Waals surface area contributed by atoms with Crippen molar-refractivity contribution in [1.29, 1.82) is 0 Å². The Hall–Kier alpha value is -0.900. The summed E-state index contributed by atoms with van der Waals surface area (Å²) in [6.45, 7) is 0. The monoisotopic (exact) mass is 174 g/mol. The summed E-state index contributed by atoms with van der Waals surface area (Å²) in [5.41, 5.74) is 0. The van der Waals surface area contributed by atoms with Gasteiger partial charge in [-0.3, -0.25) is 4.79 Å². The summed E-state index contributed by atoms with van der Waals surface area (Å²) in [5.74, 6) is -0.254. The maximum atomic E-state index is 10.6. The first-order chi connectivity index (χ1) is 5.70. The van der Waals surface area contributed by atoms with Gasteiger partial charge in [0.05, 0.1) is 7.11 Å². The molecule has 0 aliphatic heterocycles. The number of hydrogen-bond acceptors (Lipinski definition) is 4. The Bertz CT molecular complexity index is 144. The van der Waals surface area contributed by atoms with Gasteiger partial charge >= 0.3 is 5.97 Å². The molecule has 0 aliphatic carbocycles. The molecule has 0 aliphatic rings. The average molecular weight is 174 g/mol. The van der Waals surface area contributed by atoms with Crippen LogP contribution in [0.4, 0.5) is 0 Å². The fraction of sp³-hybridized carbons (Fsp3) is 0.750. The third-order valence-electron chi connectivity index (χ3n) is 1.52. The molecule has 0 fully saturated rings. The zero-order chi connectivity index (χ0) is 9.40. The topological polar surface area (TPSA) is 63.6 Å². The molecule has 0 rings (SSSR count). The molecular weight excluding hydrogens is 160 g/mol. The van der Waals surface area contributed by atoms with Gasteiger partial charge in [-0.2, -0.15) is 0 Å². The van der Waals surface area contributed by atoms with Crippen LogP contribution in [0.1, 0.15) is 25.7 Å². The predicted octanol–water partition coefficient (Wildman–Crippen LogP) is 0.280. The number of carbonyl (C=O) groups excluding carboxylic acids is 2. The molecule has 4 heteroatoms. The minimum Gasteiger partial charge on any atom is -0.469 e. The van der Waals surface area contributed by atoms with Crippen LogP contribution in [0.15, 0.2) is 0 Å². The quantitative estimate of drug-likeness (QED) is 0.357. The minimum absolute atomic E-state index is 0.254. The molecule has 0 saturated carbocycles. The second-order valence-electron chi connectivity index (χ2n) is 2.53. The highest BCUT2D eigenvalue weighted by Crippen LogP contribution is 2.02. The number of aldehydes is 1. The first-order valence-corrected chi connectivity index (χ1v) is 3.91. The molecule has 0 radical (unpaired) electrons. The summed E-state index contributed by atoms with van der Waals surface area (Å²) in [7, 11) is 1.34. The smallest absolute Gasteiger partial charge is 0.305 e. The van der Waals surface area contributed by atoms with E-state index in [1.165, 1.54) is 7.11 Å². The average Bonchev–Trinajstić information content (AvgIpc) is 2.11. The van der Waals surface area contributed by atoms with E-state index in [2.05, 4.69) is 4.74 Å². The standard InChI is InChI=1S/C8H14O4/c1-12-8(11)5-3-2-4-7(10)6-9/h6-7,10H,2-5H2,1H3/t7-/m0/s1. The van der Waals surface area contributed by atoms with E-state index in [4.69, 9.17) is 5.11 Å². The van der Waals surface area contributed by atoms with E-state index in [0.717, 1.165) is 0 Å². The van der Waals surface area contributed by atoms with Gasteiger partial charge in [-0.05, 0) is 19.3 Å². The normalized spacial score (nSPS) is 12.2. The summed E-state index contributed by atoms with van der Waals surface area (Å²) < 4.78 is 4.41. The molecule has 1 atom stereocenters. The lowest BCUT2D eigenvalue weighted by molar-refractivity contribution is -0.140. The number of aliphatic hydroxyl groups is 1. The number of ether oxygens (including phenoxy) is 1. The van der Waals surface area contributed by atoms with Crippen LogP contribution in [0, 0.1) is 0 Å². The van der Waals surface area contributed by atoms with Crippen LogP contribution < -0.4 is 0 Å². The van der Waals surface area contributed by atoms with E-state index in [1.54, 1.807) is 0 Å². The van der Waals surface area contributed by atoms with E-state index < -0.39 is 6.10 Å². The summed E-state index contributed by atoms with van der Waals surface area (Å²) in [6.07, 6.45) is 1.69. The molecule has 12 heavy (non-hydrogen) atoms. The van der Waals surface area contributed by atoms with Crippen molar-refractivity contribution in [2.75, 3.05) is 7.11 Å². The van der Waals surface area contributed by atoms with Gasteiger partial charge in [0, 0.05) is 6.42 Å². The molecule has 0 bridgehead atoms. The van der Waals surface area contributed by atoms with Crippen LogP contribution in [0.2, 0.25) is 0 Å². The van der Waals surface area contributed by atoms with Crippen LogP contribution in [0.25, 0.3) is 0 Å². The van der Waals surface area contributed by atoms with Gasteiger partial charge in [0.15, 0.2) is 0 Å². The summed E-state index contributed by atoms with van der Waals surface area (Å²) in [4.78, 5) is 20.5. The SMILES string of the molecule is COC(=O)CCCC[C@H](O)C=O. The third-order valence-corrected chi connectivity index (χ3v) is 1.52. The first kappa shape index (κ1) is 11.1. The van der Waals surface area contributed by atoms with Crippen LogP contribution in [0.3, 0.4) is 0 Å². The largest absolute Gasteiger partial charge is 0.469 e. The summed E-state index contributed by atoms with van der Waals surface area (Å²) >= 11 is 0. The van der Waals surface area contributed by atoms with E-state index >= 15 is 0 Å². The Morgan fingerprint density at radius 1 is 1.58 bits per heavy atom. The second-order valence-corrected chi connectivity index (χ2v) is 2.53. The maximum absolute atomic E-state index is 10.6. The number of hydrogen-bond donors (Lipinski definition) is 1. The molecule has 0 unspecified atom stereocenters. The molecule has 0 heterocycles. The number of carbonyl (C=O) groups is 2. The van der Waals surface area contributed by atoms with Gasteiger partial charge in [-0.1, -0.05) is 0 Å². The van der Waals surface area contributed by atoms with Crippen LogP contribution in [-0.2, 0) is 14.3 Å². The van der Waals surface area contributed by atoms with Gasteiger partial charge < -0.3 is 14.6 Å². The Balaban J connectivity index is 3.21. The lowest BCUT2D eigenvalue weighted by Gasteiger charge is -2.01. The highest BCUT2D eigenvalue weighted by Gasteiger charge is 2.03. The van der Waals surface area contributed by atoms with Gasteiger partial charge in [0.1, 0.15) is 12.4 Å². The lowest BCUT2D eigenvalue weighted by Crippen LogP contribution is -2.07. The Kier molecular flexibility index (Phi) is 6.28. The number of rotatable bonds is 6. The molecule has 0 aromatic carbocycles. The minimum atomic E-state index is -0.886. The zero-order valence-electron chi connectivity index (χ0n) is 7.16. The predicted molar refractivity (Wildman–Crippen MR) is 42.6 cm³/mol. The third kappa shape index (κ3) is 5.85. The van der Waals surface area contributed by atoms with Gasteiger partial charge in [0.25, 0.3) is 0 Å². The maximum Gasteiger partial charge on any atom is 0.305 e. The van der Waals surface area contributed by atoms with Crippen LogP contribution >= 0.6 is 0 Å². The Labute approximate surface area is 71.5 Å². The van der Waals surface area contributed by atoms with Gasteiger partial charge in [-0.25, -0.2) is 0 Å². The van der Waals surface area contributed by atoms with Gasteiger partial charge in [0.2, 0.25) is 0 Å². The van der Waals surface area contributed by atoms with Crippen molar-refractivity contribution in [1.82, 2.24) is 0 Å². The zero-order valence-corrected chi connectivity index (χ0v) is 7.16. The van der Waals surface area contributed by atoms with E-state index in [9.17, 15) is 9.59 Å². The van der Waals surface area contributed by atoms with Crippen LogP contribution in [0.5, 0.6) is 0 Å². The van der Waals surface area contributed by atoms with Crippen molar-refractivity contribution >= 4 is 12.3 Å². The molecule has 4 nitrogen and oxygen atoms in total. The molecule has 0 saturated heterocycles. The molecule has 1 N–H and O–H groups in total. The van der Waals surface area contributed by atoms with Gasteiger partial charge in [-0.15, -0.1) is 0 Å². The molecule has 70 valence electrons. The number of methoxy groups -OCH3 is 1.